The van der Waals surface area contributed by atoms with E-state index in [0.717, 1.165) is 0 Å². The van der Waals surface area contributed by atoms with Gasteiger partial charge in [0.25, 0.3) is 0 Å². The maximum atomic E-state index is 12.1. The Morgan fingerprint density at radius 3 is 2.68 bits per heavy atom. The van der Waals surface area contributed by atoms with Gasteiger partial charge in [0.05, 0.1) is 18.6 Å². The normalized spacial score (nSPS) is 10.8. The number of aromatic nitrogens is 4. The van der Waals surface area contributed by atoms with Crippen LogP contribution in [0.5, 0.6) is 11.5 Å². The number of rotatable bonds is 5. The highest BCUT2D eigenvalue weighted by Crippen LogP contribution is 2.32. The molecule has 114 valence electrons. The van der Waals surface area contributed by atoms with Crippen molar-refractivity contribution in [2.45, 2.75) is 13.8 Å². The molecule has 0 amide bonds. The Morgan fingerprint density at radius 1 is 1.18 bits per heavy atom. The van der Waals surface area contributed by atoms with E-state index < -0.39 is 5.63 Å². The first kappa shape index (κ1) is 14.1. The van der Waals surface area contributed by atoms with Gasteiger partial charge in [0, 0.05) is 12.1 Å². The zero-order valence-corrected chi connectivity index (χ0v) is 12.1. The highest BCUT2D eigenvalue weighted by atomic mass is 16.5. The average Bonchev–Trinajstić information content (AvgIpc) is 3.01. The van der Waals surface area contributed by atoms with E-state index in [9.17, 15) is 4.79 Å². The molecular weight excluding hydrogens is 288 g/mol. The molecule has 0 saturated carbocycles. The molecule has 0 aliphatic heterocycles. The lowest BCUT2D eigenvalue weighted by Gasteiger charge is -2.10. The van der Waals surface area contributed by atoms with Crippen LogP contribution in [0.25, 0.3) is 22.4 Å². The molecule has 0 aliphatic rings. The van der Waals surface area contributed by atoms with Crippen LogP contribution in [0.15, 0.2) is 27.4 Å². The summed E-state index contributed by atoms with van der Waals surface area (Å²) in [6.45, 7) is 4.72. The fourth-order valence-electron chi connectivity index (χ4n) is 2.12. The molecule has 3 rings (SSSR count). The Hall–Kier alpha value is -2.90. The molecule has 0 bridgehead atoms. The molecule has 0 unspecified atom stereocenters. The van der Waals surface area contributed by atoms with E-state index in [1.165, 1.54) is 0 Å². The molecule has 1 N–H and O–H groups in total. The lowest BCUT2D eigenvalue weighted by Crippen LogP contribution is -2.05. The van der Waals surface area contributed by atoms with E-state index in [1.54, 1.807) is 18.2 Å². The molecule has 0 saturated heterocycles. The van der Waals surface area contributed by atoms with Gasteiger partial charge in [-0.3, -0.25) is 0 Å². The summed E-state index contributed by atoms with van der Waals surface area (Å²) >= 11 is 0. The van der Waals surface area contributed by atoms with Crippen molar-refractivity contribution in [3.8, 4) is 22.9 Å². The zero-order valence-electron chi connectivity index (χ0n) is 12.1. The predicted molar refractivity (Wildman–Crippen MR) is 78.0 cm³/mol. The van der Waals surface area contributed by atoms with E-state index in [2.05, 4.69) is 20.6 Å². The van der Waals surface area contributed by atoms with Gasteiger partial charge in [-0.1, -0.05) is 0 Å². The molecule has 0 aliphatic carbocycles. The monoisotopic (exact) mass is 302 g/mol. The van der Waals surface area contributed by atoms with E-state index >= 15 is 0 Å². The minimum Gasteiger partial charge on any atom is -0.494 e. The van der Waals surface area contributed by atoms with Gasteiger partial charge >= 0.3 is 5.63 Å². The third-order valence-electron chi connectivity index (χ3n) is 2.99. The Balaban J connectivity index is 2.24. The van der Waals surface area contributed by atoms with Gasteiger partial charge in [-0.25, -0.2) is 4.79 Å². The molecule has 8 heteroatoms. The second kappa shape index (κ2) is 5.84. The number of H-pyrrole nitrogens is 1. The zero-order chi connectivity index (χ0) is 15.5. The summed E-state index contributed by atoms with van der Waals surface area (Å²) in [7, 11) is 0. The van der Waals surface area contributed by atoms with Crippen LogP contribution in [-0.2, 0) is 0 Å². The number of fused-ring (bicyclic) bond motifs is 1. The molecule has 0 radical (unpaired) electrons. The van der Waals surface area contributed by atoms with Crippen molar-refractivity contribution in [1.82, 2.24) is 20.6 Å². The summed E-state index contributed by atoms with van der Waals surface area (Å²) in [6, 6.07) is 5.05. The van der Waals surface area contributed by atoms with Gasteiger partial charge in [0.2, 0.25) is 5.82 Å². The summed E-state index contributed by atoms with van der Waals surface area (Å²) in [4.78, 5) is 12.1. The summed E-state index contributed by atoms with van der Waals surface area (Å²) in [5.41, 5.74) is 0.0444. The number of hydrogen-bond acceptors (Lipinski definition) is 7. The first-order valence-corrected chi connectivity index (χ1v) is 6.84. The standard InChI is InChI=1S/C14H14N4O4/c1-3-20-8-5-11(21-4-2)9-7-10(13-15-17-18-16-13)14(19)22-12(9)6-8/h5-7H,3-4H2,1-2H3,(H,15,16,17,18). The predicted octanol–water partition coefficient (Wildman–Crippen LogP) is 1.77. The highest BCUT2D eigenvalue weighted by Gasteiger charge is 2.15. The third-order valence-corrected chi connectivity index (χ3v) is 2.99. The molecule has 0 fully saturated rings. The van der Waals surface area contributed by atoms with Crippen LogP contribution in [0.4, 0.5) is 0 Å². The van der Waals surface area contributed by atoms with Crippen LogP contribution in [-0.4, -0.2) is 33.8 Å². The minimum atomic E-state index is -0.551. The first-order valence-electron chi connectivity index (χ1n) is 6.84. The number of hydrogen-bond donors (Lipinski definition) is 1. The van der Waals surface area contributed by atoms with Crippen molar-refractivity contribution < 1.29 is 13.9 Å². The molecule has 2 heterocycles. The van der Waals surface area contributed by atoms with Gasteiger partial charge < -0.3 is 13.9 Å². The fraction of sp³-hybridized carbons (Fsp3) is 0.286. The van der Waals surface area contributed by atoms with Crippen LogP contribution in [0, 0.1) is 0 Å². The summed E-state index contributed by atoms with van der Waals surface area (Å²) in [5.74, 6) is 1.32. The van der Waals surface area contributed by atoms with E-state index in [1.807, 2.05) is 13.8 Å². The summed E-state index contributed by atoms with van der Waals surface area (Å²) in [6.07, 6.45) is 0. The van der Waals surface area contributed by atoms with Gasteiger partial charge in [0.1, 0.15) is 22.6 Å². The van der Waals surface area contributed by atoms with Crippen LogP contribution in [0.3, 0.4) is 0 Å². The second-order valence-electron chi connectivity index (χ2n) is 4.38. The Kier molecular flexibility index (Phi) is 3.73. The average molecular weight is 302 g/mol. The van der Waals surface area contributed by atoms with Crippen molar-refractivity contribution in [1.29, 1.82) is 0 Å². The van der Waals surface area contributed by atoms with E-state index in [-0.39, 0.29) is 11.4 Å². The molecule has 8 nitrogen and oxygen atoms in total. The first-order chi connectivity index (χ1) is 10.7. The van der Waals surface area contributed by atoms with Crippen molar-refractivity contribution in [2.24, 2.45) is 0 Å². The second-order valence-corrected chi connectivity index (χ2v) is 4.38. The van der Waals surface area contributed by atoms with Gasteiger partial charge in [-0.2, -0.15) is 5.21 Å². The number of ether oxygens (including phenoxy) is 2. The van der Waals surface area contributed by atoms with Gasteiger partial charge in [-0.05, 0) is 25.1 Å². The highest BCUT2D eigenvalue weighted by molar-refractivity contribution is 5.87. The van der Waals surface area contributed by atoms with Crippen molar-refractivity contribution in [3.05, 3.63) is 28.6 Å². The number of tetrazole rings is 1. The lowest BCUT2D eigenvalue weighted by atomic mass is 10.1. The molecule has 1 aromatic carbocycles. The van der Waals surface area contributed by atoms with Gasteiger partial charge in [0.15, 0.2) is 0 Å². The van der Waals surface area contributed by atoms with E-state index in [4.69, 9.17) is 13.9 Å². The third kappa shape index (κ3) is 2.50. The maximum Gasteiger partial charge on any atom is 0.347 e. The maximum absolute atomic E-state index is 12.1. The topological polar surface area (TPSA) is 103 Å². The van der Waals surface area contributed by atoms with Crippen LogP contribution >= 0.6 is 0 Å². The van der Waals surface area contributed by atoms with Crippen molar-refractivity contribution in [3.63, 3.8) is 0 Å². The van der Waals surface area contributed by atoms with E-state index in [0.29, 0.717) is 35.7 Å². The minimum absolute atomic E-state index is 0.173. The molecule has 3 aromatic rings. The molecule has 0 spiro atoms. The van der Waals surface area contributed by atoms with Crippen LogP contribution < -0.4 is 15.1 Å². The number of nitrogens with zero attached hydrogens (tertiary/aromatic N) is 3. The molecular formula is C14H14N4O4. The number of aromatic amines is 1. The quantitative estimate of drug-likeness (QED) is 0.716. The number of nitrogens with one attached hydrogen (secondary N) is 1. The molecule has 22 heavy (non-hydrogen) atoms. The van der Waals surface area contributed by atoms with Crippen LogP contribution in [0.1, 0.15) is 13.8 Å². The lowest BCUT2D eigenvalue weighted by molar-refractivity contribution is 0.325. The van der Waals surface area contributed by atoms with Crippen molar-refractivity contribution >= 4 is 11.0 Å². The Labute approximate surface area is 125 Å². The van der Waals surface area contributed by atoms with Gasteiger partial charge in [-0.15, -0.1) is 10.2 Å². The SMILES string of the molecule is CCOc1cc(OCC)c2cc(-c3nn[nH]n3)c(=O)oc2c1. The van der Waals surface area contributed by atoms with Crippen molar-refractivity contribution in [2.75, 3.05) is 13.2 Å². The summed E-state index contributed by atoms with van der Waals surface area (Å²) in [5, 5.41) is 14.0. The largest absolute Gasteiger partial charge is 0.494 e. The fourth-order valence-corrected chi connectivity index (χ4v) is 2.12. The van der Waals surface area contributed by atoms with Crippen LogP contribution in [0.2, 0.25) is 0 Å². The Morgan fingerprint density at radius 2 is 2.00 bits per heavy atom. The summed E-state index contributed by atoms with van der Waals surface area (Å²) < 4.78 is 16.4. The smallest absolute Gasteiger partial charge is 0.347 e. The molecule has 0 atom stereocenters. The molecule has 2 aromatic heterocycles. The Bertz CT molecular complexity index is 842. The number of benzene rings is 1.